The van der Waals surface area contributed by atoms with E-state index in [1.165, 1.54) is 4.90 Å². The average Bonchev–Trinajstić information content (AvgIpc) is 2.39. The van der Waals surface area contributed by atoms with Gasteiger partial charge in [0.2, 0.25) is 11.8 Å². The van der Waals surface area contributed by atoms with Gasteiger partial charge in [0, 0.05) is 31.7 Å². The Bertz CT molecular complexity index is 256. The van der Waals surface area contributed by atoms with Crippen LogP contribution in [0.4, 0.5) is 0 Å². The van der Waals surface area contributed by atoms with Crippen LogP contribution < -0.4 is 0 Å². The Morgan fingerprint density at radius 2 is 1.33 bits per heavy atom. The molecule has 4 heteroatoms. The van der Waals surface area contributed by atoms with Gasteiger partial charge in [-0.2, -0.15) is 0 Å². The summed E-state index contributed by atoms with van der Waals surface area (Å²) in [6.45, 7) is 11.3. The minimum Gasteiger partial charge on any atom is -0.299 e. The third-order valence-electron chi connectivity index (χ3n) is 2.43. The van der Waals surface area contributed by atoms with Gasteiger partial charge in [-0.05, 0) is 0 Å². The van der Waals surface area contributed by atoms with E-state index in [1.54, 1.807) is 13.8 Å². The first kappa shape index (κ1) is 19.2. The second-order valence-corrected chi connectivity index (χ2v) is 4.02. The van der Waals surface area contributed by atoms with Crippen LogP contribution in [0.1, 0.15) is 60.8 Å². The van der Waals surface area contributed by atoms with E-state index < -0.39 is 0 Å². The molecular weight excluding hydrogens is 230 g/mol. The second-order valence-electron chi connectivity index (χ2n) is 4.02. The van der Waals surface area contributed by atoms with Crippen molar-refractivity contribution in [1.29, 1.82) is 0 Å². The van der Waals surface area contributed by atoms with Crippen LogP contribution in [0, 0.1) is 5.92 Å². The van der Waals surface area contributed by atoms with Gasteiger partial charge in [0.05, 0.1) is 0 Å². The van der Waals surface area contributed by atoms with Crippen molar-refractivity contribution in [3.05, 3.63) is 0 Å². The molecule has 18 heavy (non-hydrogen) atoms. The highest BCUT2D eigenvalue weighted by molar-refractivity contribution is 5.95. The second kappa shape index (κ2) is 10.9. The Hall–Kier alpha value is -1.19. The van der Waals surface area contributed by atoms with Gasteiger partial charge in [0.25, 0.3) is 0 Å². The Morgan fingerprint density at radius 1 is 0.944 bits per heavy atom. The van der Waals surface area contributed by atoms with Gasteiger partial charge in [-0.3, -0.25) is 19.3 Å². The monoisotopic (exact) mass is 257 g/mol. The number of imide groups is 1. The molecule has 106 valence electrons. The Morgan fingerprint density at radius 3 is 1.61 bits per heavy atom. The molecule has 0 radical (unpaired) electrons. The summed E-state index contributed by atoms with van der Waals surface area (Å²) in [6, 6.07) is 0. The highest BCUT2D eigenvalue weighted by atomic mass is 16.2. The molecule has 0 spiro atoms. The summed E-state index contributed by atoms with van der Waals surface area (Å²) >= 11 is 0. The van der Waals surface area contributed by atoms with Crippen molar-refractivity contribution >= 4 is 17.6 Å². The summed E-state index contributed by atoms with van der Waals surface area (Å²) in [5.74, 6) is -0.375. The molecule has 0 rings (SSSR count). The zero-order chi connectivity index (χ0) is 14.7. The fourth-order valence-corrected chi connectivity index (χ4v) is 1.28. The van der Waals surface area contributed by atoms with Crippen LogP contribution in [0.3, 0.4) is 0 Å². The molecule has 0 N–H and O–H groups in total. The van der Waals surface area contributed by atoms with Crippen molar-refractivity contribution in [3.63, 3.8) is 0 Å². The summed E-state index contributed by atoms with van der Waals surface area (Å²) in [5, 5.41) is 0. The lowest BCUT2D eigenvalue weighted by Gasteiger charge is -2.19. The minimum absolute atomic E-state index is 0.0460. The molecule has 2 amide bonds. The van der Waals surface area contributed by atoms with Gasteiger partial charge in [-0.25, -0.2) is 0 Å². The maximum atomic E-state index is 11.5. The van der Waals surface area contributed by atoms with E-state index >= 15 is 0 Å². The standard InChI is InChI=1S/C12H21NO3.C2H6/c1-5-11(15)13(12(16)6-2)8-7-10(14)9(3)4;1-2/h9H,5-8H2,1-4H3;1-2H3. The number of hydrogen-bond acceptors (Lipinski definition) is 3. The summed E-state index contributed by atoms with van der Waals surface area (Å²) in [5.41, 5.74) is 0. The number of nitrogens with zero attached hydrogens (tertiary/aromatic N) is 1. The van der Waals surface area contributed by atoms with Crippen LogP contribution in [-0.2, 0) is 14.4 Å². The zero-order valence-corrected chi connectivity index (χ0v) is 12.6. The lowest BCUT2D eigenvalue weighted by molar-refractivity contribution is -0.144. The number of carbonyl (C=O) groups is 3. The van der Waals surface area contributed by atoms with E-state index in [0.29, 0.717) is 12.8 Å². The van der Waals surface area contributed by atoms with E-state index in [1.807, 2.05) is 27.7 Å². The van der Waals surface area contributed by atoms with Crippen molar-refractivity contribution < 1.29 is 14.4 Å². The smallest absolute Gasteiger partial charge is 0.228 e. The fraction of sp³-hybridized carbons (Fsp3) is 0.786. The molecule has 4 nitrogen and oxygen atoms in total. The first-order valence-electron chi connectivity index (χ1n) is 6.79. The maximum Gasteiger partial charge on any atom is 0.228 e. The highest BCUT2D eigenvalue weighted by Crippen LogP contribution is 2.04. The van der Waals surface area contributed by atoms with Crippen LogP contribution in [0.5, 0.6) is 0 Å². The minimum atomic E-state index is -0.205. The number of carbonyl (C=O) groups excluding carboxylic acids is 3. The Labute approximate surface area is 111 Å². The fourth-order valence-electron chi connectivity index (χ4n) is 1.28. The Balaban J connectivity index is 0. The van der Waals surface area contributed by atoms with Crippen LogP contribution in [0.15, 0.2) is 0 Å². The lowest BCUT2D eigenvalue weighted by atomic mass is 10.1. The number of amides is 2. The topological polar surface area (TPSA) is 54.5 Å². The van der Waals surface area contributed by atoms with Crippen LogP contribution >= 0.6 is 0 Å². The first-order valence-corrected chi connectivity index (χ1v) is 6.79. The van der Waals surface area contributed by atoms with Crippen molar-refractivity contribution in [2.45, 2.75) is 60.8 Å². The third-order valence-corrected chi connectivity index (χ3v) is 2.43. The zero-order valence-electron chi connectivity index (χ0n) is 12.6. The number of rotatable bonds is 6. The molecule has 0 aliphatic carbocycles. The van der Waals surface area contributed by atoms with Gasteiger partial charge in [0.1, 0.15) is 5.78 Å². The normalized spacial score (nSPS) is 9.50. The SMILES string of the molecule is CC.CCC(=O)N(CCC(=O)C(C)C)C(=O)CC. The van der Waals surface area contributed by atoms with Gasteiger partial charge in [-0.15, -0.1) is 0 Å². The van der Waals surface area contributed by atoms with E-state index in [9.17, 15) is 14.4 Å². The van der Waals surface area contributed by atoms with Crippen LogP contribution in [-0.4, -0.2) is 29.0 Å². The van der Waals surface area contributed by atoms with Gasteiger partial charge in [-0.1, -0.05) is 41.5 Å². The van der Waals surface area contributed by atoms with Crippen LogP contribution in [0.2, 0.25) is 0 Å². The first-order chi connectivity index (χ1) is 8.43. The summed E-state index contributed by atoms with van der Waals surface area (Å²) in [7, 11) is 0. The molecule has 0 aromatic carbocycles. The van der Waals surface area contributed by atoms with Gasteiger partial charge >= 0.3 is 0 Å². The molecule has 0 saturated heterocycles. The molecule has 0 fully saturated rings. The molecule has 0 aliphatic rings. The van der Waals surface area contributed by atoms with Crippen LogP contribution in [0.25, 0.3) is 0 Å². The number of Topliss-reactive ketones (excluding diaryl/α,β-unsaturated/α-hetero) is 1. The number of ketones is 1. The molecule has 0 atom stereocenters. The molecule has 0 bridgehead atoms. The third kappa shape index (κ3) is 7.20. The predicted molar refractivity (Wildman–Crippen MR) is 73.1 cm³/mol. The molecule has 0 aliphatic heterocycles. The molecule has 0 saturated carbocycles. The maximum absolute atomic E-state index is 11.5. The number of hydrogen-bond donors (Lipinski definition) is 0. The summed E-state index contributed by atoms with van der Waals surface area (Å²) in [4.78, 5) is 35.6. The van der Waals surface area contributed by atoms with E-state index in [4.69, 9.17) is 0 Å². The van der Waals surface area contributed by atoms with Gasteiger partial charge < -0.3 is 0 Å². The highest BCUT2D eigenvalue weighted by Gasteiger charge is 2.19. The van der Waals surface area contributed by atoms with E-state index in [-0.39, 0.29) is 36.5 Å². The predicted octanol–water partition coefficient (Wildman–Crippen LogP) is 2.80. The molecule has 0 heterocycles. The largest absolute Gasteiger partial charge is 0.299 e. The Kier molecular flexibility index (Phi) is 11.6. The lowest BCUT2D eigenvalue weighted by Crippen LogP contribution is -2.37. The molecule has 0 aromatic rings. The average molecular weight is 257 g/mol. The molecular formula is C14H27NO3. The van der Waals surface area contributed by atoms with E-state index in [0.717, 1.165) is 0 Å². The molecule has 0 unspecified atom stereocenters. The van der Waals surface area contributed by atoms with Crippen molar-refractivity contribution in [1.82, 2.24) is 4.90 Å². The summed E-state index contributed by atoms with van der Waals surface area (Å²) in [6.07, 6.45) is 0.846. The van der Waals surface area contributed by atoms with Crippen molar-refractivity contribution in [2.75, 3.05) is 6.54 Å². The summed E-state index contributed by atoms with van der Waals surface area (Å²) < 4.78 is 0. The molecule has 0 aromatic heterocycles. The van der Waals surface area contributed by atoms with E-state index in [2.05, 4.69) is 0 Å². The van der Waals surface area contributed by atoms with Crippen molar-refractivity contribution in [2.24, 2.45) is 5.92 Å². The van der Waals surface area contributed by atoms with Crippen molar-refractivity contribution in [3.8, 4) is 0 Å². The quantitative estimate of drug-likeness (QED) is 0.735. The van der Waals surface area contributed by atoms with Gasteiger partial charge in [0.15, 0.2) is 0 Å².